The molecule has 1 aliphatic rings. The van der Waals surface area contributed by atoms with Crippen LogP contribution in [0.5, 0.6) is 0 Å². The number of hydrogen-bond acceptors (Lipinski definition) is 1. The molecular formula is C11H16ClN. The lowest BCUT2D eigenvalue weighted by Gasteiger charge is -2.09. The van der Waals surface area contributed by atoms with Crippen molar-refractivity contribution in [2.45, 2.75) is 31.7 Å². The lowest BCUT2D eigenvalue weighted by Crippen LogP contribution is -2.18. The monoisotopic (exact) mass is 197 g/mol. The van der Waals surface area contributed by atoms with Crippen molar-refractivity contribution in [1.29, 1.82) is 0 Å². The van der Waals surface area contributed by atoms with Crippen molar-refractivity contribution in [1.82, 2.24) is 0 Å². The quantitative estimate of drug-likeness (QED) is 0.775. The van der Waals surface area contributed by atoms with E-state index >= 15 is 0 Å². The van der Waals surface area contributed by atoms with Crippen LogP contribution in [0, 0.1) is 0 Å². The molecular weight excluding hydrogens is 182 g/mol. The topological polar surface area (TPSA) is 26.0 Å². The molecule has 0 spiro atoms. The Morgan fingerprint density at radius 2 is 2.08 bits per heavy atom. The number of benzene rings is 1. The smallest absolute Gasteiger partial charge is 0.0411 e. The van der Waals surface area contributed by atoms with E-state index in [2.05, 4.69) is 31.2 Å². The van der Waals surface area contributed by atoms with Gasteiger partial charge in [-0.05, 0) is 30.4 Å². The van der Waals surface area contributed by atoms with Gasteiger partial charge in [0.25, 0.3) is 0 Å². The van der Waals surface area contributed by atoms with Crippen LogP contribution >= 0.6 is 12.4 Å². The minimum Gasteiger partial charge on any atom is -0.321 e. The average Bonchev–Trinajstić information content (AvgIpc) is 2.85. The number of rotatable bonds is 2. The van der Waals surface area contributed by atoms with Crippen molar-refractivity contribution in [3.63, 3.8) is 0 Å². The maximum atomic E-state index is 6.09. The highest BCUT2D eigenvalue weighted by Gasteiger charge is 2.39. The summed E-state index contributed by atoms with van der Waals surface area (Å²) in [6.07, 6.45) is 3.41. The summed E-state index contributed by atoms with van der Waals surface area (Å²) in [5.41, 5.74) is 8.84. The predicted octanol–water partition coefficient (Wildman–Crippen LogP) is 2.62. The molecule has 0 radical (unpaired) electrons. The molecule has 1 aromatic rings. The van der Waals surface area contributed by atoms with Crippen LogP contribution in [0.25, 0.3) is 0 Å². The summed E-state index contributed by atoms with van der Waals surface area (Å²) in [5, 5.41) is 0. The summed E-state index contributed by atoms with van der Waals surface area (Å²) in [5.74, 6) is 0. The standard InChI is InChI=1S/C11H15N.ClH/c1-2-9-4-3-5-10(8-9)11(12)6-7-11;/h3-5,8H,2,6-7,12H2,1H3;1H. The molecule has 2 rings (SSSR count). The fraction of sp³-hybridized carbons (Fsp3) is 0.455. The zero-order chi connectivity index (χ0) is 8.60. The Hall–Kier alpha value is -0.530. The molecule has 72 valence electrons. The Balaban J connectivity index is 0.000000845. The van der Waals surface area contributed by atoms with Gasteiger partial charge in [-0.2, -0.15) is 0 Å². The molecule has 1 nitrogen and oxygen atoms in total. The molecule has 0 atom stereocenters. The lowest BCUT2D eigenvalue weighted by atomic mass is 10.0. The molecule has 0 aliphatic heterocycles. The van der Waals surface area contributed by atoms with Crippen molar-refractivity contribution in [3.05, 3.63) is 35.4 Å². The first-order chi connectivity index (χ1) is 5.74. The molecule has 2 heteroatoms. The molecule has 1 aliphatic carbocycles. The summed E-state index contributed by atoms with van der Waals surface area (Å²) >= 11 is 0. The molecule has 0 aromatic heterocycles. The van der Waals surface area contributed by atoms with Crippen LogP contribution in [0.1, 0.15) is 30.9 Å². The second kappa shape index (κ2) is 3.69. The van der Waals surface area contributed by atoms with E-state index < -0.39 is 0 Å². The van der Waals surface area contributed by atoms with Gasteiger partial charge in [0.15, 0.2) is 0 Å². The van der Waals surface area contributed by atoms with Gasteiger partial charge in [-0.3, -0.25) is 0 Å². The van der Waals surface area contributed by atoms with E-state index in [1.807, 2.05) is 0 Å². The normalized spacial score (nSPS) is 17.7. The van der Waals surface area contributed by atoms with Gasteiger partial charge in [0.1, 0.15) is 0 Å². The molecule has 0 amide bonds. The third-order valence-corrected chi connectivity index (χ3v) is 2.70. The van der Waals surface area contributed by atoms with Crippen molar-refractivity contribution in [2.75, 3.05) is 0 Å². The van der Waals surface area contributed by atoms with Gasteiger partial charge in [0, 0.05) is 5.54 Å². The van der Waals surface area contributed by atoms with Gasteiger partial charge in [-0.25, -0.2) is 0 Å². The van der Waals surface area contributed by atoms with E-state index in [0.29, 0.717) is 0 Å². The summed E-state index contributed by atoms with van der Waals surface area (Å²) < 4.78 is 0. The molecule has 1 fully saturated rings. The maximum Gasteiger partial charge on any atom is 0.0411 e. The maximum absolute atomic E-state index is 6.09. The first kappa shape index (κ1) is 10.6. The van der Waals surface area contributed by atoms with Gasteiger partial charge >= 0.3 is 0 Å². The number of hydrogen-bond donors (Lipinski definition) is 1. The van der Waals surface area contributed by atoms with Gasteiger partial charge < -0.3 is 5.73 Å². The molecule has 0 unspecified atom stereocenters. The van der Waals surface area contributed by atoms with E-state index in [0.717, 1.165) is 19.3 Å². The number of halogens is 1. The molecule has 1 aromatic carbocycles. The van der Waals surface area contributed by atoms with Crippen LogP contribution < -0.4 is 5.73 Å². The highest BCUT2D eigenvalue weighted by Crippen LogP contribution is 2.42. The van der Waals surface area contributed by atoms with E-state index in [1.165, 1.54) is 11.1 Å². The number of nitrogens with two attached hydrogens (primary N) is 1. The summed E-state index contributed by atoms with van der Waals surface area (Å²) in [6, 6.07) is 8.66. The second-order valence-electron chi connectivity index (χ2n) is 3.71. The largest absolute Gasteiger partial charge is 0.321 e. The van der Waals surface area contributed by atoms with Crippen molar-refractivity contribution < 1.29 is 0 Å². The minimum absolute atomic E-state index is 0. The number of aryl methyl sites for hydroxylation is 1. The highest BCUT2D eigenvalue weighted by atomic mass is 35.5. The fourth-order valence-electron chi connectivity index (χ4n) is 1.52. The molecule has 2 N–H and O–H groups in total. The molecule has 0 heterocycles. The zero-order valence-corrected chi connectivity index (χ0v) is 8.73. The lowest BCUT2D eigenvalue weighted by molar-refractivity contribution is 0.738. The van der Waals surface area contributed by atoms with Gasteiger partial charge in [-0.15, -0.1) is 12.4 Å². The first-order valence-electron chi connectivity index (χ1n) is 4.63. The van der Waals surface area contributed by atoms with Crippen LogP contribution in [0.15, 0.2) is 24.3 Å². The zero-order valence-electron chi connectivity index (χ0n) is 7.92. The van der Waals surface area contributed by atoms with Crippen molar-refractivity contribution in [3.8, 4) is 0 Å². The van der Waals surface area contributed by atoms with Crippen LogP contribution in [-0.4, -0.2) is 0 Å². The van der Waals surface area contributed by atoms with E-state index in [-0.39, 0.29) is 17.9 Å². The Kier molecular flexibility index (Phi) is 2.99. The molecule has 1 saturated carbocycles. The van der Waals surface area contributed by atoms with Crippen LogP contribution in [0.4, 0.5) is 0 Å². The SMILES string of the molecule is CCc1cccc(C2(N)CC2)c1.Cl. The first-order valence-corrected chi connectivity index (χ1v) is 4.63. The third-order valence-electron chi connectivity index (χ3n) is 2.70. The summed E-state index contributed by atoms with van der Waals surface area (Å²) in [7, 11) is 0. The van der Waals surface area contributed by atoms with Gasteiger partial charge in [0.05, 0.1) is 0 Å². The van der Waals surface area contributed by atoms with Crippen molar-refractivity contribution in [2.24, 2.45) is 5.73 Å². The predicted molar refractivity (Wildman–Crippen MR) is 58.2 cm³/mol. The van der Waals surface area contributed by atoms with E-state index in [4.69, 9.17) is 5.73 Å². The average molecular weight is 198 g/mol. The van der Waals surface area contributed by atoms with Crippen LogP contribution in [0.2, 0.25) is 0 Å². The van der Waals surface area contributed by atoms with Gasteiger partial charge in [-0.1, -0.05) is 31.2 Å². The Morgan fingerprint density at radius 3 is 2.62 bits per heavy atom. The molecule has 13 heavy (non-hydrogen) atoms. The minimum atomic E-state index is 0. The Bertz CT molecular complexity index is 292. The Morgan fingerprint density at radius 1 is 1.38 bits per heavy atom. The fourth-order valence-corrected chi connectivity index (χ4v) is 1.52. The van der Waals surface area contributed by atoms with E-state index in [1.54, 1.807) is 0 Å². The molecule has 0 saturated heterocycles. The van der Waals surface area contributed by atoms with Crippen LogP contribution in [0.3, 0.4) is 0 Å². The Labute approximate surface area is 85.7 Å². The van der Waals surface area contributed by atoms with Gasteiger partial charge in [0.2, 0.25) is 0 Å². The third kappa shape index (κ3) is 2.04. The molecule has 0 bridgehead atoms. The van der Waals surface area contributed by atoms with E-state index in [9.17, 15) is 0 Å². The van der Waals surface area contributed by atoms with Crippen LogP contribution in [-0.2, 0) is 12.0 Å². The summed E-state index contributed by atoms with van der Waals surface area (Å²) in [6.45, 7) is 2.18. The highest BCUT2D eigenvalue weighted by molar-refractivity contribution is 5.85. The second-order valence-corrected chi connectivity index (χ2v) is 3.71. The van der Waals surface area contributed by atoms with Crippen molar-refractivity contribution >= 4 is 12.4 Å². The summed E-state index contributed by atoms with van der Waals surface area (Å²) in [4.78, 5) is 0.